The van der Waals surface area contributed by atoms with Gasteiger partial charge >= 0.3 is 0 Å². The molecule has 2 N–H and O–H groups in total. The van der Waals surface area contributed by atoms with Crippen LogP contribution in [0.15, 0.2) is 0 Å². The van der Waals surface area contributed by atoms with Crippen molar-refractivity contribution in [2.24, 2.45) is 5.73 Å². The second kappa shape index (κ2) is 5.41. The Morgan fingerprint density at radius 2 is 2.43 bits per heavy atom. The lowest BCUT2D eigenvalue weighted by Crippen LogP contribution is -2.04. The lowest BCUT2D eigenvalue weighted by molar-refractivity contribution is 0.147. The van der Waals surface area contributed by atoms with Gasteiger partial charge in [-0.2, -0.15) is 5.26 Å². The van der Waals surface area contributed by atoms with Crippen LogP contribution in [0.3, 0.4) is 0 Å². The fourth-order valence-corrected chi connectivity index (χ4v) is 0.201. The van der Waals surface area contributed by atoms with Crippen LogP contribution in [0.4, 0.5) is 0 Å². The van der Waals surface area contributed by atoms with Crippen LogP contribution in [-0.4, -0.2) is 13.3 Å². The summed E-state index contributed by atoms with van der Waals surface area (Å²) in [5, 5.41) is 7.92. The minimum absolute atomic E-state index is 0.210. The molecule has 0 aliphatic rings. The molecule has 0 aliphatic heterocycles. The molecule has 0 saturated heterocycles. The van der Waals surface area contributed by atoms with E-state index in [9.17, 15) is 0 Å². The highest BCUT2D eigenvalue weighted by Crippen LogP contribution is 1.73. The van der Waals surface area contributed by atoms with Crippen LogP contribution in [0.25, 0.3) is 0 Å². The lowest BCUT2D eigenvalue weighted by atomic mass is 10.5. The molecule has 0 rings (SSSR count). The molecule has 0 atom stereocenters. The van der Waals surface area contributed by atoms with Crippen LogP contribution in [-0.2, 0) is 4.74 Å². The third-order valence-corrected chi connectivity index (χ3v) is 0.476. The molecule has 0 fully saturated rings. The van der Waals surface area contributed by atoms with Gasteiger partial charge in [0.2, 0.25) is 0 Å². The average molecular weight is 100 g/mol. The fraction of sp³-hybridized carbons (Fsp3) is 0.750. The topological polar surface area (TPSA) is 59.0 Å². The molecule has 0 aromatic heterocycles. The van der Waals surface area contributed by atoms with Gasteiger partial charge in [-0.05, 0) is 0 Å². The Labute approximate surface area is 42.7 Å². The number of nitrogens with zero attached hydrogens (tertiary/aromatic N) is 1. The molecule has 0 saturated carbocycles. The largest absolute Gasteiger partial charge is 0.365 e. The predicted molar refractivity (Wildman–Crippen MR) is 25.2 cm³/mol. The van der Waals surface area contributed by atoms with Crippen molar-refractivity contribution in [3.8, 4) is 6.07 Å². The third kappa shape index (κ3) is 5.41. The van der Waals surface area contributed by atoms with Crippen molar-refractivity contribution in [3.63, 3.8) is 0 Å². The molecule has 3 heteroatoms. The van der Waals surface area contributed by atoms with Crippen molar-refractivity contribution < 1.29 is 4.74 Å². The molecule has 0 heterocycles. The van der Waals surface area contributed by atoms with E-state index < -0.39 is 0 Å². The zero-order valence-corrected chi connectivity index (χ0v) is 4.05. The van der Waals surface area contributed by atoms with Crippen LogP contribution in [0.5, 0.6) is 0 Å². The lowest BCUT2D eigenvalue weighted by Gasteiger charge is -1.90. The number of nitriles is 1. The standard InChI is InChI=1S/C4H8N2O/c5-2-1-3-7-4-6/h1,3-4,6H2. The SMILES string of the molecule is N#CCCOCN. The van der Waals surface area contributed by atoms with Crippen LogP contribution in [0.1, 0.15) is 6.42 Å². The van der Waals surface area contributed by atoms with Gasteiger partial charge in [0.05, 0.1) is 25.8 Å². The molecular formula is C4H8N2O. The number of rotatable bonds is 3. The van der Waals surface area contributed by atoms with Gasteiger partial charge in [0, 0.05) is 0 Å². The van der Waals surface area contributed by atoms with Crippen LogP contribution in [0.2, 0.25) is 0 Å². The molecule has 0 unspecified atom stereocenters. The first kappa shape index (κ1) is 6.41. The van der Waals surface area contributed by atoms with Gasteiger partial charge in [-0.15, -0.1) is 0 Å². The quantitative estimate of drug-likeness (QED) is 0.395. The Kier molecular flexibility index (Phi) is 4.95. The smallest absolute Gasteiger partial charge is 0.0940 e. The van der Waals surface area contributed by atoms with Gasteiger partial charge in [0.1, 0.15) is 0 Å². The number of hydrogen-bond donors (Lipinski definition) is 1. The van der Waals surface area contributed by atoms with Gasteiger partial charge in [0.25, 0.3) is 0 Å². The van der Waals surface area contributed by atoms with E-state index in [1.54, 1.807) is 0 Å². The maximum absolute atomic E-state index is 7.92. The number of hydrogen-bond acceptors (Lipinski definition) is 3. The van der Waals surface area contributed by atoms with Crippen LogP contribution in [0, 0.1) is 11.3 Å². The van der Waals surface area contributed by atoms with Crippen LogP contribution < -0.4 is 5.73 Å². The van der Waals surface area contributed by atoms with Gasteiger partial charge in [-0.3, -0.25) is 0 Å². The molecule has 0 spiro atoms. The van der Waals surface area contributed by atoms with Crippen LogP contribution >= 0.6 is 0 Å². The summed E-state index contributed by atoms with van der Waals surface area (Å²) in [6.07, 6.45) is 0.428. The van der Waals surface area contributed by atoms with Crippen molar-refractivity contribution in [2.45, 2.75) is 6.42 Å². The Bertz CT molecular complexity index is 66.6. The van der Waals surface area contributed by atoms with Gasteiger partial charge < -0.3 is 10.5 Å². The van der Waals surface area contributed by atoms with E-state index in [1.165, 1.54) is 0 Å². The van der Waals surface area contributed by atoms with Gasteiger partial charge in [-0.1, -0.05) is 0 Å². The fourth-order valence-electron chi connectivity index (χ4n) is 0.201. The molecule has 7 heavy (non-hydrogen) atoms. The molecule has 0 bridgehead atoms. The molecule has 0 radical (unpaired) electrons. The Hall–Kier alpha value is -0.590. The van der Waals surface area contributed by atoms with E-state index in [-0.39, 0.29) is 6.73 Å². The monoisotopic (exact) mass is 100 g/mol. The van der Waals surface area contributed by atoms with E-state index >= 15 is 0 Å². The predicted octanol–water partition coefficient (Wildman–Crippen LogP) is -0.167. The minimum Gasteiger partial charge on any atom is -0.365 e. The second-order valence-electron chi connectivity index (χ2n) is 0.983. The highest BCUT2D eigenvalue weighted by atomic mass is 16.5. The molecule has 0 aromatic carbocycles. The van der Waals surface area contributed by atoms with E-state index in [1.807, 2.05) is 6.07 Å². The van der Waals surface area contributed by atoms with Gasteiger partial charge in [-0.25, -0.2) is 0 Å². The van der Waals surface area contributed by atoms with Crippen molar-refractivity contribution in [1.82, 2.24) is 0 Å². The van der Waals surface area contributed by atoms with E-state index in [0.717, 1.165) is 0 Å². The summed E-state index contributed by atoms with van der Waals surface area (Å²) in [7, 11) is 0. The summed E-state index contributed by atoms with van der Waals surface area (Å²) in [4.78, 5) is 0. The Morgan fingerprint density at radius 1 is 1.71 bits per heavy atom. The number of ether oxygens (including phenoxy) is 1. The number of nitrogens with two attached hydrogens (primary N) is 1. The molecule has 3 nitrogen and oxygen atoms in total. The summed E-state index contributed by atoms with van der Waals surface area (Å²) in [5.74, 6) is 0. The van der Waals surface area contributed by atoms with Crippen molar-refractivity contribution in [1.29, 1.82) is 5.26 Å². The normalized spacial score (nSPS) is 8.00. The van der Waals surface area contributed by atoms with Crippen molar-refractivity contribution in [2.75, 3.05) is 13.3 Å². The first-order valence-corrected chi connectivity index (χ1v) is 2.06. The summed E-state index contributed by atoms with van der Waals surface area (Å²) in [6.45, 7) is 0.661. The first-order chi connectivity index (χ1) is 3.41. The molecular weight excluding hydrogens is 92.1 g/mol. The highest BCUT2D eigenvalue weighted by molar-refractivity contribution is 4.66. The summed E-state index contributed by atoms with van der Waals surface area (Å²) in [6, 6.07) is 1.92. The third-order valence-electron chi connectivity index (χ3n) is 0.476. The van der Waals surface area contributed by atoms with E-state index in [2.05, 4.69) is 4.74 Å². The summed E-state index contributed by atoms with van der Waals surface area (Å²) < 4.78 is 4.63. The highest BCUT2D eigenvalue weighted by Gasteiger charge is 1.77. The Morgan fingerprint density at radius 3 is 2.86 bits per heavy atom. The maximum atomic E-state index is 7.92. The maximum Gasteiger partial charge on any atom is 0.0940 e. The Balaban J connectivity index is 2.60. The molecule has 0 aromatic rings. The van der Waals surface area contributed by atoms with Crippen molar-refractivity contribution >= 4 is 0 Å². The first-order valence-electron chi connectivity index (χ1n) is 2.06. The minimum atomic E-state index is 0.210. The second-order valence-corrected chi connectivity index (χ2v) is 0.983. The average Bonchev–Trinajstić information content (AvgIpc) is 1.69. The zero-order chi connectivity index (χ0) is 5.54. The summed E-state index contributed by atoms with van der Waals surface area (Å²) in [5.41, 5.74) is 4.94. The van der Waals surface area contributed by atoms with E-state index in [4.69, 9.17) is 11.0 Å². The van der Waals surface area contributed by atoms with Gasteiger partial charge in [0.15, 0.2) is 0 Å². The van der Waals surface area contributed by atoms with E-state index in [0.29, 0.717) is 13.0 Å². The zero-order valence-electron chi connectivity index (χ0n) is 4.05. The molecule has 0 aliphatic carbocycles. The molecule has 0 amide bonds. The molecule has 40 valence electrons. The summed E-state index contributed by atoms with van der Waals surface area (Å²) >= 11 is 0. The van der Waals surface area contributed by atoms with Crippen molar-refractivity contribution in [3.05, 3.63) is 0 Å².